The smallest absolute Gasteiger partial charge is 0.0372 e. The zero-order valence-electron chi connectivity index (χ0n) is 61.5. The van der Waals surface area contributed by atoms with E-state index >= 15 is 0 Å². The van der Waals surface area contributed by atoms with Gasteiger partial charge in [0.15, 0.2) is 0 Å². The minimum Gasteiger partial charge on any atom is -0.385 e. The Balaban J connectivity index is -0.000000150. The van der Waals surface area contributed by atoms with Crippen molar-refractivity contribution in [1.82, 2.24) is 30.3 Å². The molecule has 3 N–H and O–H groups in total. The summed E-state index contributed by atoms with van der Waals surface area (Å²) in [5, 5.41) is 10.0. The minimum absolute atomic E-state index is 0.363. The molecule has 8 rings (SSSR count). The third kappa shape index (κ3) is 69.6. The van der Waals surface area contributed by atoms with Gasteiger partial charge in [-0.15, -0.1) is 0 Å². The molecule has 3 saturated heterocycles. The molecule has 0 amide bonds. The molecular weight excluding hydrogens is 987 g/mol. The van der Waals surface area contributed by atoms with Crippen molar-refractivity contribution in [3.63, 3.8) is 0 Å². The van der Waals surface area contributed by atoms with Crippen LogP contribution in [0.2, 0.25) is 0 Å². The lowest BCUT2D eigenvalue weighted by molar-refractivity contribution is 0.0690. The summed E-state index contributed by atoms with van der Waals surface area (Å²) in [6.45, 7) is 84.1. The second kappa shape index (κ2) is 56.3. The first-order chi connectivity index (χ1) is 37.7. The predicted molar refractivity (Wildman–Crippen MR) is 378 cm³/mol. The molecular formula is C74H151N7. The molecule has 2 aromatic carbocycles. The van der Waals surface area contributed by atoms with E-state index < -0.39 is 0 Å². The normalized spacial score (nSPS) is 15.2. The Morgan fingerprint density at radius 2 is 0.667 bits per heavy atom. The molecule has 0 saturated carbocycles. The first kappa shape index (κ1) is 91.9. The van der Waals surface area contributed by atoms with Crippen LogP contribution < -0.4 is 16.0 Å². The molecule has 6 heterocycles. The fourth-order valence-electron chi connectivity index (χ4n) is 7.03. The Kier molecular flexibility index (Phi) is 63.9. The summed E-state index contributed by atoms with van der Waals surface area (Å²) in [6.07, 6.45) is 12.8. The van der Waals surface area contributed by atoms with Crippen molar-refractivity contribution in [2.75, 3.05) is 70.8 Å². The van der Waals surface area contributed by atoms with Gasteiger partial charge >= 0.3 is 0 Å². The maximum atomic E-state index is 3.78. The standard InChI is InChI=1S/2C9H11N.C9H19N.C8H18N2.C7H15N.C5H5N.3C5H12.6C2H6/c1-2-6-9-8(4-1)5-3-7-10-9;1-2-4-9-7-10-6-5-8(9)3-1;1-9(2,3)10-7-5-4-6-8-10;1-8(2,3)10-6-4-9-5-7-10;1-7(2,3)8-5-4-6-8;1-2-4-6-5-3-1;3*1-5(2,3)4;6*1-2/h1-2,4,6,10H,3,5,7H2;1-4,10H,5-7H2;4-8H2,1-3H3;9H,4-7H2,1-3H3;4-6H2,1-3H3;1-5H;3*1-4H3;6*1-2H3. The Bertz CT molecular complexity index is 1450. The number of fused-ring (bicyclic) bond motifs is 2. The van der Waals surface area contributed by atoms with Gasteiger partial charge in [0.1, 0.15) is 0 Å². The second-order valence-electron chi connectivity index (χ2n) is 27.0. The van der Waals surface area contributed by atoms with Crippen LogP contribution in [0.1, 0.15) is 277 Å². The van der Waals surface area contributed by atoms with Crippen LogP contribution >= 0.6 is 0 Å². The topological polar surface area (TPSA) is 58.7 Å². The van der Waals surface area contributed by atoms with Crippen LogP contribution in [0.25, 0.3) is 0 Å². The molecule has 81 heavy (non-hydrogen) atoms. The molecule has 5 aliphatic heterocycles. The highest BCUT2D eigenvalue weighted by Crippen LogP contribution is 2.22. The van der Waals surface area contributed by atoms with E-state index in [9.17, 15) is 0 Å². The SMILES string of the molecule is CC.CC.CC.CC.CC.CC.CC(C)(C)C.CC(C)(C)C.CC(C)(C)C.CC(C)(C)N1CCC1.CC(C)(C)N1CCCCC1.CC(C)(C)N1CCNCC1.c1ccc2c(c1)CCCN2.c1ccc2c(c1)CCNC2.c1ccncc1. The number of rotatable bonds is 0. The number of likely N-dealkylation sites (tertiary alicyclic amines) is 2. The number of aryl methyl sites for hydroxylation is 1. The predicted octanol–water partition coefficient (Wildman–Crippen LogP) is 21.2. The lowest BCUT2D eigenvalue weighted by Crippen LogP contribution is -2.51. The zero-order valence-corrected chi connectivity index (χ0v) is 61.5. The number of nitrogens with zero attached hydrogens (tertiary/aromatic N) is 4. The summed E-state index contributed by atoms with van der Waals surface area (Å²) in [4.78, 5) is 11.4. The Labute approximate surface area is 513 Å². The van der Waals surface area contributed by atoms with Crippen LogP contribution in [0.4, 0.5) is 5.69 Å². The Morgan fingerprint density at radius 1 is 0.321 bits per heavy atom. The van der Waals surface area contributed by atoms with Crippen LogP contribution in [-0.2, 0) is 19.4 Å². The summed E-state index contributed by atoms with van der Waals surface area (Å²) < 4.78 is 0. The van der Waals surface area contributed by atoms with Crippen molar-refractivity contribution in [2.45, 2.75) is 297 Å². The summed E-state index contributed by atoms with van der Waals surface area (Å²) >= 11 is 0. The molecule has 5 aliphatic rings. The molecule has 7 heteroatoms. The number of anilines is 1. The minimum atomic E-state index is 0.363. The maximum Gasteiger partial charge on any atom is 0.0372 e. The van der Waals surface area contributed by atoms with Crippen molar-refractivity contribution < 1.29 is 0 Å². The highest BCUT2D eigenvalue weighted by atomic mass is 15.2. The van der Waals surface area contributed by atoms with E-state index in [0.717, 1.165) is 32.7 Å². The summed E-state index contributed by atoms with van der Waals surface area (Å²) in [5.41, 5.74) is 8.47. The highest BCUT2D eigenvalue weighted by molar-refractivity contribution is 5.52. The number of piperidine rings is 1. The van der Waals surface area contributed by atoms with Gasteiger partial charge in [-0.05, 0) is 185 Å². The molecule has 3 fully saturated rings. The lowest BCUT2D eigenvalue weighted by atomic mass is 10.0. The van der Waals surface area contributed by atoms with Gasteiger partial charge < -0.3 is 16.0 Å². The number of hydrogen-bond donors (Lipinski definition) is 3. The first-order valence-corrected chi connectivity index (χ1v) is 33.2. The van der Waals surface area contributed by atoms with Crippen molar-refractivity contribution in [3.05, 3.63) is 95.8 Å². The number of pyridine rings is 1. The fraction of sp³-hybridized carbons (Fsp3) is 0.770. The second-order valence-corrected chi connectivity index (χ2v) is 27.0. The van der Waals surface area contributed by atoms with Crippen molar-refractivity contribution in [3.8, 4) is 0 Å². The molecule has 0 spiro atoms. The molecule has 0 atom stereocenters. The number of benzene rings is 2. The third-order valence-electron chi connectivity index (χ3n) is 10.7. The van der Waals surface area contributed by atoms with Gasteiger partial charge in [0, 0.05) is 74.0 Å². The summed E-state index contributed by atoms with van der Waals surface area (Å²) in [7, 11) is 0. The Hall–Kier alpha value is -2.81. The number of hydrogen-bond acceptors (Lipinski definition) is 7. The van der Waals surface area contributed by atoms with Gasteiger partial charge in [-0.1, -0.05) is 221 Å². The van der Waals surface area contributed by atoms with E-state index in [-0.39, 0.29) is 0 Å². The lowest BCUT2D eigenvalue weighted by Gasteiger charge is -2.42. The number of piperazine rings is 1. The first-order valence-electron chi connectivity index (χ1n) is 33.2. The number of aromatic nitrogens is 1. The number of para-hydroxylation sites is 1. The van der Waals surface area contributed by atoms with Crippen molar-refractivity contribution in [1.29, 1.82) is 0 Å². The van der Waals surface area contributed by atoms with Gasteiger partial charge in [0.05, 0.1) is 0 Å². The average molecular weight is 1140 g/mol. The van der Waals surface area contributed by atoms with E-state index in [1.54, 1.807) is 12.4 Å². The van der Waals surface area contributed by atoms with Crippen LogP contribution in [0.5, 0.6) is 0 Å². The van der Waals surface area contributed by atoms with E-state index in [2.05, 4.69) is 230 Å². The van der Waals surface area contributed by atoms with Gasteiger partial charge in [0.25, 0.3) is 0 Å². The van der Waals surface area contributed by atoms with E-state index in [1.165, 1.54) is 107 Å². The van der Waals surface area contributed by atoms with Crippen molar-refractivity contribution >= 4 is 5.69 Å². The van der Waals surface area contributed by atoms with Crippen molar-refractivity contribution in [2.24, 2.45) is 16.2 Å². The summed E-state index contributed by atoms with van der Waals surface area (Å²) in [5.74, 6) is 0. The molecule has 0 aliphatic carbocycles. The largest absolute Gasteiger partial charge is 0.385 e. The number of nitrogens with one attached hydrogen (secondary N) is 3. The van der Waals surface area contributed by atoms with Crippen LogP contribution in [0.15, 0.2) is 79.1 Å². The monoisotopic (exact) mass is 1140 g/mol. The van der Waals surface area contributed by atoms with Gasteiger partial charge in [0.2, 0.25) is 0 Å². The van der Waals surface area contributed by atoms with E-state index in [0.29, 0.717) is 32.9 Å². The van der Waals surface area contributed by atoms with Gasteiger partial charge in [-0.25, -0.2) is 0 Å². The molecule has 3 aromatic rings. The molecule has 0 radical (unpaired) electrons. The molecule has 0 unspecified atom stereocenters. The van der Waals surface area contributed by atoms with E-state index in [4.69, 9.17) is 0 Å². The van der Waals surface area contributed by atoms with Gasteiger partial charge in [-0.2, -0.15) is 0 Å². The van der Waals surface area contributed by atoms with Crippen LogP contribution in [0, 0.1) is 16.2 Å². The molecule has 0 bridgehead atoms. The van der Waals surface area contributed by atoms with Crippen LogP contribution in [-0.4, -0.2) is 102 Å². The fourth-order valence-corrected chi connectivity index (χ4v) is 7.03. The molecule has 1 aromatic heterocycles. The summed E-state index contributed by atoms with van der Waals surface area (Å²) in [6, 6.07) is 22.9. The van der Waals surface area contributed by atoms with E-state index in [1.807, 2.05) is 101 Å². The van der Waals surface area contributed by atoms with Gasteiger partial charge in [-0.3, -0.25) is 19.7 Å². The average Bonchev–Trinajstić information content (AvgIpc) is 3.41. The molecule has 482 valence electrons. The highest BCUT2D eigenvalue weighted by Gasteiger charge is 2.26. The Morgan fingerprint density at radius 3 is 0.951 bits per heavy atom. The quantitative estimate of drug-likeness (QED) is 0.207. The maximum absolute atomic E-state index is 3.78. The zero-order chi connectivity index (χ0) is 64.8. The third-order valence-corrected chi connectivity index (χ3v) is 10.7. The molecule has 7 nitrogen and oxygen atoms in total. The van der Waals surface area contributed by atoms with Crippen LogP contribution in [0.3, 0.4) is 0 Å².